The van der Waals surface area contributed by atoms with Crippen molar-refractivity contribution in [2.75, 3.05) is 19.8 Å². The van der Waals surface area contributed by atoms with Crippen LogP contribution in [-0.2, 0) is 4.79 Å². The lowest BCUT2D eigenvalue weighted by Crippen LogP contribution is -2.28. The first-order valence-corrected chi connectivity index (χ1v) is 11.7. The molecule has 1 saturated heterocycles. The first-order valence-electron chi connectivity index (χ1n) is 10.1. The number of carbonyl (C=O) groups is 2. The van der Waals surface area contributed by atoms with Crippen LogP contribution in [0.3, 0.4) is 0 Å². The molecule has 0 unspecified atom stereocenters. The number of nitrogens with zero attached hydrogens (tertiary/aromatic N) is 2. The molecular formula is C23H23BrN2O5S. The number of thioether (sulfide) groups is 1. The van der Waals surface area contributed by atoms with Gasteiger partial charge in [0, 0.05) is 6.54 Å². The number of amides is 1. The maximum absolute atomic E-state index is 13.0. The first kappa shape index (κ1) is 23.9. The predicted molar refractivity (Wildman–Crippen MR) is 130 cm³/mol. The van der Waals surface area contributed by atoms with Gasteiger partial charge in [0.1, 0.15) is 0 Å². The Bertz CT molecular complexity index is 1100. The zero-order valence-corrected chi connectivity index (χ0v) is 20.3. The maximum atomic E-state index is 13.0. The normalized spacial score (nSPS) is 16.1. The Morgan fingerprint density at radius 3 is 2.59 bits per heavy atom. The fourth-order valence-electron chi connectivity index (χ4n) is 3.06. The highest BCUT2D eigenvalue weighted by molar-refractivity contribution is 9.10. The summed E-state index contributed by atoms with van der Waals surface area (Å²) in [7, 11) is 0. The summed E-state index contributed by atoms with van der Waals surface area (Å²) in [6, 6.07) is 10.0. The molecule has 1 aliphatic rings. The van der Waals surface area contributed by atoms with E-state index in [1.807, 2.05) is 32.9 Å². The number of hydrogen-bond acceptors (Lipinski definition) is 6. The Morgan fingerprint density at radius 2 is 1.94 bits per heavy atom. The molecule has 3 rings (SSSR count). The number of benzene rings is 2. The molecule has 1 aliphatic heterocycles. The van der Waals surface area contributed by atoms with Crippen molar-refractivity contribution in [2.45, 2.75) is 20.8 Å². The van der Waals surface area contributed by atoms with Gasteiger partial charge in [-0.25, -0.2) is 9.79 Å². The molecule has 1 amide bonds. The third kappa shape index (κ3) is 5.34. The summed E-state index contributed by atoms with van der Waals surface area (Å²) in [4.78, 5) is 30.8. The summed E-state index contributed by atoms with van der Waals surface area (Å²) in [6.07, 6.45) is 1.79. The maximum Gasteiger partial charge on any atom is 0.335 e. The van der Waals surface area contributed by atoms with E-state index in [9.17, 15) is 14.7 Å². The Morgan fingerprint density at radius 1 is 1.19 bits per heavy atom. The van der Waals surface area contributed by atoms with Crippen molar-refractivity contribution in [3.05, 3.63) is 56.9 Å². The van der Waals surface area contributed by atoms with Crippen LogP contribution in [0.1, 0.15) is 36.7 Å². The highest BCUT2D eigenvalue weighted by Gasteiger charge is 2.32. The quantitative estimate of drug-likeness (QED) is 0.459. The second kappa shape index (κ2) is 10.7. The van der Waals surface area contributed by atoms with Crippen molar-refractivity contribution in [2.24, 2.45) is 4.99 Å². The Hall–Kier alpha value is -2.78. The van der Waals surface area contributed by atoms with Gasteiger partial charge in [-0.15, -0.1) is 0 Å². The van der Waals surface area contributed by atoms with Gasteiger partial charge in [-0.2, -0.15) is 0 Å². The van der Waals surface area contributed by atoms with E-state index in [4.69, 9.17) is 9.47 Å². The molecular weight excluding hydrogens is 496 g/mol. The lowest BCUT2D eigenvalue weighted by Gasteiger charge is -2.13. The number of aromatic carboxylic acids is 1. The SMILES string of the molecule is CCOc1cc(C=C2SC(=Nc3cccc(C(=O)O)c3)N(CC)C2=O)cc(Br)c1OCC. The summed E-state index contributed by atoms with van der Waals surface area (Å²) in [6.45, 7) is 7.09. The minimum absolute atomic E-state index is 0.141. The molecule has 1 heterocycles. The molecule has 7 nitrogen and oxygen atoms in total. The van der Waals surface area contributed by atoms with Gasteiger partial charge in [0.05, 0.1) is 33.8 Å². The summed E-state index contributed by atoms with van der Waals surface area (Å²) in [5, 5.41) is 9.70. The number of amidine groups is 1. The Balaban J connectivity index is 1.97. The molecule has 2 aromatic carbocycles. The molecule has 1 fully saturated rings. The van der Waals surface area contributed by atoms with Crippen LogP contribution in [0.2, 0.25) is 0 Å². The monoisotopic (exact) mass is 518 g/mol. The summed E-state index contributed by atoms with van der Waals surface area (Å²) < 4.78 is 12.1. The van der Waals surface area contributed by atoms with Crippen LogP contribution in [0.4, 0.5) is 5.69 Å². The topological polar surface area (TPSA) is 88.4 Å². The highest BCUT2D eigenvalue weighted by atomic mass is 79.9. The lowest BCUT2D eigenvalue weighted by atomic mass is 10.2. The molecule has 0 aliphatic carbocycles. The van der Waals surface area contributed by atoms with Crippen LogP contribution in [0.25, 0.3) is 6.08 Å². The van der Waals surface area contributed by atoms with Crippen LogP contribution >= 0.6 is 27.7 Å². The average Bonchev–Trinajstić information content (AvgIpc) is 3.04. The zero-order chi connectivity index (χ0) is 23.3. The van der Waals surface area contributed by atoms with Crippen LogP contribution in [0.15, 0.2) is 50.8 Å². The molecule has 0 bridgehead atoms. The first-order chi connectivity index (χ1) is 15.4. The standard InChI is InChI=1S/C23H23BrN2O5S/c1-4-26-21(27)19(32-23(26)25-16-9-7-8-15(13-16)22(28)29)12-14-10-17(24)20(31-6-3)18(11-14)30-5-2/h7-13H,4-6H2,1-3H3,(H,28,29). The predicted octanol–water partition coefficient (Wildman–Crippen LogP) is 5.57. The van der Waals surface area contributed by atoms with Crippen molar-refractivity contribution in [3.63, 3.8) is 0 Å². The van der Waals surface area contributed by atoms with Crippen LogP contribution in [0, 0.1) is 0 Å². The molecule has 0 aromatic heterocycles. The van der Waals surface area contributed by atoms with E-state index < -0.39 is 5.97 Å². The van der Waals surface area contributed by atoms with Gasteiger partial charge >= 0.3 is 5.97 Å². The number of rotatable bonds is 8. The number of aliphatic imine (C=N–C) groups is 1. The van der Waals surface area contributed by atoms with Crippen molar-refractivity contribution in [1.82, 2.24) is 4.90 Å². The Labute approximate surface area is 199 Å². The molecule has 0 atom stereocenters. The smallest absolute Gasteiger partial charge is 0.335 e. The van der Waals surface area contributed by atoms with Gasteiger partial charge in [0.15, 0.2) is 16.7 Å². The van der Waals surface area contributed by atoms with Gasteiger partial charge in [0.2, 0.25) is 0 Å². The summed E-state index contributed by atoms with van der Waals surface area (Å²) >= 11 is 4.77. The van der Waals surface area contributed by atoms with Gasteiger partial charge in [-0.1, -0.05) is 6.07 Å². The minimum atomic E-state index is -1.03. The molecule has 32 heavy (non-hydrogen) atoms. The van der Waals surface area contributed by atoms with E-state index in [-0.39, 0.29) is 11.5 Å². The van der Waals surface area contributed by atoms with E-state index in [0.29, 0.717) is 47.0 Å². The number of carboxylic acids is 1. The molecule has 1 N–H and O–H groups in total. The molecule has 0 saturated carbocycles. The van der Waals surface area contributed by atoms with E-state index >= 15 is 0 Å². The fraction of sp³-hybridized carbons (Fsp3) is 0.261. The van der Waals surface area contributed by atoms with Crippen LogP contribution in [-0.4, -0.2) is 46.8 Å². The van der Waals surface area contributed by atoms with Crippen molar-refractivity contribution in [1.29, 1.82) is 0 Å². The number of hydrogen-bond donors (Lipinski definition) is 1. The fourth-order valence-corrected chi connectivity index (χ4v) is 4.70. The minimum Gasteiger partial charge on any atom is -0.490 e. The van der Waals surface area contributed by atoms with Crippen LogP contribution in [0.5, 0.6) is 11.5 Å². The molecule has 9 heteroatoms. The number of ether oxygens (including phenoxy) is 2. The zero-order valence-electron chi connectivity index (χ0n) is 17.9. The van der Waals surface area contributed by atoms with Gasteiger partial charge in [0.25, 0.3) is 5.91 Å². The van der Waals surface area contributed by atoms with E-state index in [1.54, 1.807) is 23.1 Å². The Kier molecular flexibility index (Phi) is 7.98. The second-order valence-corrected chi connectivity index (χ2v) is 8.47. The van der Waals surface area contributed by atoms with E-state index in [2.05, 4.69) is 20.9 Å². The van der Waals surface area contributed by atoms with Gasteiger partial charge in [-0.05, 0) is 90.4 Å². The average molecular weight is 519 g/mol. The van der Waals surface area contributed by atoms with Crippen LogP contribution < -0.4 is 9.47 Å². The second-order valence-electron chi connectivity index (χ2n) is 6.61. The van der Waals surface area contributed by atoms with Crippen molar-refractivity contribution < 1.29 is 24.2 Å². The number of likely N-dealkylation sites (N-methyl/N-ethyl adjacent to an activating group) is 1. The summed E-state index contributed by atoms with van der Waals surface area (Å²) in [5.74, 6) is 0.0327. The third-order valence-corrected chi connectivity index (χ3v) is 6.04. The van der Waals surface area contributed by atoms with E-state index in [1.165, 1.54) is 23.9 Å². The number of carbonyl (C=O) groups excluding carboxylic acids is 1. The van der Waals surface area contributed by atoms with Crippen molar-refractivity contribution >= 4 is 56.5 Å². The molecule has 0 radical (unpaired) electrons. The number of halogens is 1. The van der Waals surface area contributed by atoms with Crippen molar-refractivity contribution in [3.8, 4) is 11.5 Å². The number of carboxylic acid groups (broad SMARTS) is 1. The third-order valence-electron chi connectivity index (χ3n) is 4.44. The summed E-state index contributed by atoms with van der Waals surface area (Å²) in [5.41, 5.74) is 1.40. The molecule has 2 aromatic rings. The van der Waals surface area contributed by atoms with Gasteiger partial charge in [-0.3, -0.25) is 9.69 Å². The molecule has 168 valence electrons. The molecule has 0 spiro atoms. The highest BCUT2D eigenvalue weighted by Crippen LogP contribution is 2.39. The van der Waals surface area contributed by atoms with Gasteiger partial charge < -0.3 is 14.6 Å². The lowest BCUT2D eigenvalue weighted by molar-refractivity contribution is -0.122. The van der Waals surface area contributed by atoms with E-state index in [0.717, 1.165) is 10.0 Å². The largest absolute Gasteiger partial charge is 0.490 e.